The fourth-order valence-electron chi connectivity index (χ4n) is 4.45. The molecule has 0 spiro atoms. The normalized spacial score (nSPS) is 41.1. The Balaban J connectivity index is 1.99. The van der Waals surface area contributed by atoms with Crippen molar-refractivity contribution in [2.75, 3.05) is 40.3 Å². The van der Waals surface area contributed by atoms with Crippen molar-refractivity contribution in [1.29, 1.82) is 0 Å². The second-order valence-electron chi connectivity index (χ2n) is 7.39. The Morgan fingerprint density at radius 2 is 2.05 bits per heavy atom. The third kappa shape index (κ3) is 3.14. The SMILES string of the molecule is CC1CCC(CN)(N(C)CC2CCN(C)C2)C(C)C1. The molecule has 4 atom stereocenters. The molecule has 2 rings (SSSR count). The van der Waals surface area contributed by atoms with E-state index in [1.54, 1.807) is 0 Å². The summed E-state index contributed by atoms with van der Waals surface area (Å²) in [6.45, 7) is 9.37. The van der Waals surface area contributed by atoms with Gasteiger partial charge in [0.2, 0.25) is 0 Å². The zero-order valence-electron chi connectivity index (χ0n) is 13.4. The number of hydrogen-bond acceptors (Lipinski definition) is 3. The van der Waals surface area contributed by atoms with E-state index in [4.69, 9.17) is 5.73 Å². The first-order chi connectivity index (χ1) is 8.98. The molecule has 0 aromatic carbocycles. The van der Waals surface area contributed by atoms with E-state index in [9.17, 15) is 0 Å². The van der Waals surface area contributed by atoms with E-state index < -0.39 is 0 Å². The minimum atomic E-state index is 0.258. The quantitative estimate of drug-likeness (QED) is 0.846. The van der Waals surface area contributed by atoms with Gasteiger partial charge in [-0.2, -0.15) is 0 Å². The number of nitrogens with two attached hydrogens (primary N) is 1. The monoisotopic (exact) mass is 267 g/mol. The molecule has 2 fully saturated rings. The first kappa shape index (κ1) is 15.3. The van der Waals surface area contributed by atoms with Crippen LogP contribution >= 0.6 is 0 Å². The summed E-state index contributed by atoms with van der Waals surface area (Å²) in [5.74, 6) is 2.44. The molecular formula is C16H33N3. The van der Waals surface area contributed by atoms with E-state index in [1.165, 1.54) is 45.3 Å². The molecule has 2 N–H and O–H groups in total. The van der Waals surface area contributed by atoms with E-state index in [0.717, 1.165) is 24.3 Å². The van der Waals surface area contributed by atoms with Gasteiger partial charge in [0.25, 0.3) is 0 Å². The van der Waals surface area contributed by atoms with E-state index in [-0.39, 0.29) is 5.54 Å². The van der Waals surface area contributed by atoms with Crippen LogP contribution < -0.4 is 5.73 Å². The second-order valence-corrected chi connectivity index (χ2v) is 7.39. The number of rotatable bonds is 4. The predicted octanol–water partition coefficient (Wildman–Crippen LogP) is 2.02. The zero-order valence-corrected chi connectivity index (χ0v) is 13.4. The summed E-state index contributed by atoms with van der Waals surface area (Å²) in [7, 11) is 4.56. The largest absolute Gasteiger partial charge is 0.329 e. The minimum Gasteiger partial charge on any atom is -0.329 e. The Kier molecular flexibility index (Phi) is 4.91. The Morgan fingerprint density at radius 3 is 2.58 bits per heavy atom. The molecule has 0 radical (unpaired) electrons. The maximum absolute atomic E-state index is 6.22. The smallest absolute Gasteiger partial charge is 0.0354 e. The van der Waals surface area contributed by atoms with Gasteiger partial charge in [0.1, 0.15) is 0 Å². The van der Waals surface area contributed by atoms with E-state index >= 15 is 0 Å². The molecule has 3 heteroatoms. The lowest BCUT2D eigenvalue weighted by atomic mass is 9.69. The molecule has 0 aromatic rings. The molecule has 2 aliphatic rings. The van der Waals surface area contributed by atoms with Crippen LogP contribution in [-0.2, 0) is 0 Å². The van der Waals surface area contributed by atoms with Crippen molar-refractivity contribution in [3.63, 3.8) is 0 Å². The summed E-state index contributed by atoms with van der Waals surface area (Å²) in [4.78, 5) is 5.08. The van der Waals surface area contributed by atoms with E-state index in [2.05, 4.69) is 37.7 Å². The van der Waals surface area contributed by atoms with Crippen molar-refractivity contribution in [1.82, 2.24) is 9.80 Å². The lowest BCUT2D eigenvalue weighted by Gasteiger charge is -2.50. The number of likely N-dealkylation sites (tertiary alicyclic amines) is 1. The van der Waals surface area contributed by atoms with Gasteiger partial charge >= 0.3 is 0 Å². The Labute approximate surface area is 119 Å². The van der Waals surface area contributed by atoms with Crippen LogP contribution in [0.25, 0.3) is 0 Å². The van der Waals surface area contributed by atoms with E-state index in [1.807, 2.05) is 0 Å². The highest BCUT2D eigenvalue weighted by Gasteiger charge is 2.42. The predicted molar refractivity (Wildman–Crippen MR) is 82.2 cm³/mol. The summed E-state index contributed by atoms with van der Waals surface area (Å²) >= 11 is 0. The first-order valence-corrected chi connectivity index (χ1v) is 8.07. The average molecular weight is 267 g/mol. The van der Waals surface area contributed by atoms with Crippen molar-refractivity contribution in [3.05, 3.63) is 0 Å². The van der Waals surface area contributed by atoms with Gasteiger partial charge in [-0.15, -0.1) is 0 Å². The fourth-order valence-corrected chi connectivity index (χ4v) is 4.45. The summed E-state index contributed by atoms with van der Waals surface area (Å²) in [6, 6.07) is 0. The molecule has 1 saturated carbocycles. The molecule has 0 aromatic heterocycles. The third-order valence-corrected chi connectivity index (χ3v) is 5.88. The molecule has 0 bridgehead atoms. The molecular weight excluding hydrogens is 234 g/mol. The van der Waals surface area contributed by atoms with Crippen molar-refractivity contribution < 1.29 is 0 Å². The third-order valence-electron chi connectivity index (χ3n) is 5.88. The molecule has 1 heterocycles. The zero-order chi connectivity index (χ0) is 14.0. The van der Waals surface area contributed by atoms with Crippen LogP contribution in [0.3, 0.4) is 0 Å². The van der Waals surface area contributed by atoms with Crippen molar-refractivity contribution in [2.24, 2.45) is 23.5 Å². The Hall–Kier alpha value is -0.120. The van der Waals surface area contributed by atoms with Crippen LogP contribution in [0.2, 0.25) is 0 Å². The topological polar surface area (TPSA) is 32.5 Å². The first-order valence-electron chi connectivity index (χ1n) is 8.07. The van der Waals surface area contributed by atoms with Crippen LogP contribution in [0.15, 0.2) is 0 Å². The molecule has 4 unspecified atom stereocenters. The molecule has 112 valence electrons. The van der Waals surface area contributed by atoms with Crippen LogP contribution in [-0.4, -0.2) is 55.6 Å². The standard InChI is InChI=1S/C16H33N3/c1-13-5-7-16(12-17,14(2)9-13)19(4)11-15-6-8-18(3)10-15/h13-15H,5-12,17H2,1-4H3. The summed E-state index contributed by atoms with van der Waals surface area (Å²) in [5.41, 5.74) is 6.48. The Bertz CT molecular complexity index is 294. The maximum Gasteiger partial charge on any atom is 0.0354 e. The van der Waals surface area contributed by atoms with Crippen molar-refractivity contribution in [2.45, 2.75) is 45.1 Å². The summed E-state index contributed by atoms with van der Waals surface area (Å²) < 4.78 is 0. The van der Waals surface area contributed by atoms with Crippen LogP contribution in [0.5, 0.6) is 0 Å². The fraction of sp³-hybridized carbons (Fsp3) is 1.00. The molecule has 1 aliphatic carbocycles. The number of hydrogen-bond donors (Lipinski definition) is 1. The van der Waals surface area contributed by atoms with Gasteiger partial charge in [-0.05, 0) is 64.1 Å². The van der Waals surface area contributed by atoms with Crippen molar-refractivity contribution in [3.8, 4) is 0 Å². The molecule has 3 nitrogen and oxygen atoms in total. The highest BCUT2D eigenvalue weighted by atomic mass is 15.2. The molecule has 0 amide bonds. The number of nitrogens with zero attached hydrogens (tertiary/aromatic N) is 2. The average Bonchev–Trinajstić information content (AvgIpc) is 2.75. The highest BCUT2D eigenvalue weighted by Crippen LogP contribution is 2.40. The minimum absolute atomic E-state index is 0.258. The Morgan fingerprint density at radius 1 is 1.32 bits per heavy atom. The van der Waals surface area contributed by atoms with Gasteiger partial charge in [-0.1, -0.05) is 13.8 Å². The highest BCUT2D eigenvalue weighted by molar-refractivity contribution is 4.99. The van der Waals surface area contributed by atoms with Crippen LogP contribution in [0.1, 0.15) is 39.5 Å². The van der Waals surface area contributed by atoms with Gasteiger partial charge in [0, 0.05) is 25.2 Å². The lowest BCUT2D eigenvalue weighted by Crippen LogP contribution is -2.59. The second kappa shape index (κ2) is 6.11. The van der Waals surface area contributed by atoms with Crippen molar-refractivity contribution >= 4 is 0 Å². The molecule has 19 heavy (non-hydrogen) atoms. The van der Waals surface area contributed by atoms with Gasteiger partial charge in [-0.3, -0.25) is 4.90 Å². The van der Waals surface area contributed by atoms with E-state index in [0.29, 0.717) is 0 Å². The maximum atomic E-state index is 6.22. The molecule has 1 saturated heterocycles. The van der Waals surface area contributed by atoms with Gasteiger partial charge < -0.3 is 10.6 Å². The lowest BCUT2D eigenvalue weighted by molar-refractivity contribution is 0.00953. The van der Waals surface area contributed by atoms with Gasteiger partial charge in [-0.25, -0.2) is 0 Å². The van der Waals surface area contributed by atoms with Crippen LogP contribution in [0, 0.1) is 17.8 Å². The van der Waals surface area contributed by atoms with Gasteiger partial charge in [0.05, 0.1) is 0 Å². The molecule has 1 aliphatic heterocycles. The summed E-state index contributed by atoms with van der Waals surface area (Å²) in [5, 5.41) is 0. The summed E-state index contributed by atoms with van der Waals surface area (Å²) in [6.07, 6.45) is 5.32. The van der Waals surface area contributed by atoms with Gasteiger partial charge in [0.15, 0.2) is 0 Å². The number of likely N-dealkylation sites (N-methyl/N-ethyl adjacent to an activating group) is 1. The van der Waals surface area contributed by atoms with Crippen LogP contribution in [0.4, 0.5) is 0 Å².